The molecule has 1 aliphatic heterocycles. The fourth-order valence-electron chi connectivity index (χ4n) is 7.07. The van der Waals surface area contributed by atoms with Crippen molar-refractivity contribution in [3.05, 3.63) is 54.1 Å². The Morgan fingerprint density at radius 1 is 1.09 bits per heavy atom. The molecule has 35 heavy (non-hydrogen) atoms. The van der Waals surface area contributed by atoms with E-state index in [1.54, 1.807) is 4.31 Å². The highest BCUT2D eigenvalue weighted by Gasteiger charge is 2.54. The van der Waals surface area contributed by atoms with Gasteiger partial charge in [0, 0.05) is 25.2 Å². The Morgan fingerprint density at radius 2 is 1.77 bits per heavy atom. The fourth-order valence-corrected chi connectivity index (χ4v) is 7.39. The van der Waals surface area contributed by atoms with E-state index in [0.29, 0.717) is 25.6 Å². The lowest BCUT2D eigenvalue weighted by atomic mass is 9.53. The number of para-hydroxylation sites is 1. The van der Waals surface area contributed by atoms with E-state index in [0.717, 1.165) is 59.8 Å². The van der Waals surface area contributed by atoms with Gasteiger partial charge in [-0.3, -0.25) is 4.31 Å². The van der Waals surface area contributed by atoms with Crippen LogP contribution in [0.3, 0.4) is 0 Å². The second-order valence-electron chi connectivity index (χ2n) is 10.8. The largest absolute Gasteiger partial charge is 0.457 e. The molecule has 7 rings (SSSR count). The smallest absolute Gasteiger partial charge is 0.327 e. The van der Waals surface area contributed by atoms with Crippen molar-refractivity contribution in [3.8, 4) is 11.5 Å². The molecule has 0 radical (unpaired) electrons. The van der Waals surface area contributed by atoms with Crippen LogP contribution in [0.5, 0.6) is 11.5 Å². The van der Waals surface area contributed by atoms with Gasteiger partial charge in [0.2, 0.25) is 0 Å². The number of hydrogen-bond donors (Lipinski definition) is 3. The Hall–Kier alpha value is -2.87. The third-order valence-electron chi connectivity index (χ3n) is 8.26. The van der Waals surface area contributed by atoms with Crippen molar-refractivity contribution in [3.63, 3.8) is 0 Å². The van der Waals surface area contributed by atoms with Crippen LogP contribution in [0.15, 0.2) is 53.5 Å². The molecule has 0 spiro atoms. The standard InChI is InChI=1S/C27H33N5O2S/c28-25-30-24-7-6-23(34-22-4-2-1-3-5-22)13-21(24)17-31(25)9-8-29-26(33)32(35)27-14-18-10-19(15-27)12-20(11-18)16-27/h1-7,13,18-20,35H,8-12,14-17H2,(H2,28,30)(H,29,33). The van der Waals surface area contributed by atoms with Gasteiger partial charge in [-0.05, 0) is 86.6 Å². The van der Waals surface area contributed by atoms with E-state index in [1.165, 1.54) is 19.3 Å². The first-order chi connectivity index (χ1) is 17.0. The predicted molar refractivity (Wildman–Crippen MR) is 140 cm³/mol. The van der Waals surface area contributed by atoms with Crippen LogP contribution < -0.4 is 15.8 Å². The molecule has 2 aromatic carbocycles. The van der Waals surface area contributed by atoms with Crippen LogP contribution in [-0.2, 0) is 6.54 Å². The maximum absolute atomic E-state index is 13.0. The van der Waals surface area contributed by atoms with Crippen LogP contribution in [0.25, 0.3) is 0 Å². The van der Waals surface area contributed by atoms with Crippen molar-refractivity contribution in [2.45, 2.75) is 50.6 Å². The van der Waals surface area contributed by atoms with Gasteiger partial charge in [-0.15, -0.1) is 0 Å². The Kier molecular flexibility index (Phi) is 5.79. The summed E-state index contributed by atoms with van der Waals surface area (Å²) in [5, 5.41) is 3.08. The number of aliphatic imine (C=N–C) groups is 1. The molecule has 8 heteroatoms. The van der Waals surface area contributed by atoms with E-state index in [4.69, 9.17) is 23.3 Å². The Morgan fingerprint density at radius 3 is 2.46 bits per heavy atom. The number of guanidine groups is 1. The van der Waals surface area contributed by atoms with Gasteiger partial charge in [-0.1, -0.05) is 31.0 Å². The first-order valence-electron chi connectivity index (χ1n) is 12.7. The lowest BCUT2D eigenvalue weighted by Crippen LogP contribution is -2.60. The summed E-state index contributed by atoms with van der Waals surface area (Å²) in [5.74, 6) is 4.32. The molecule has 5 aliphatic rings. The second-order valence-corrected chi connectivity index (χ2v) is 11.2. The zero-order chi connectivity index (χ0) is 24.0. The van der Waals surface area contributed by atoms with Crippen LogP contribution in [0, 0.1) is 17.8 Å². The molecule has 4 aliphatic carbocycles. The molecule has 4 saturated carbocycles. The van der Waals surface area contributed by atoms with Gasteiger partial charge in [0.1, 0.15) is 11.5 Å². The zero-order valence-corrected chi connectivity index (χ0v) is 20.8. The highest BCUT2D eigenvalue weighted by atomic mass is 32.1. The molecule has 2 aromatic rings. The minimum atomic E-state index is -0.0956. The molecule has 184 valence electrons. The molecule has 3 N–H and O–H groups in total. The van der Waals surface area contributed by atoms with Gasteiger partial charge >= 0.3 is 6.03 Å². The maximum Gasteiger partial charge on any atom is 0.327 e. The highest BCUT2D eigenvalue weighted by molar-refractivity contribution is 7.78. The molecule has 4 bridgehead atoms. The number of benzene rings is 2. The predicted octanol–water partition coefficient (Wildman–Crippen LogP) is 5.07. The molecule has 4 fully saturated rings. The van der Waals surface area contributed by atoms with Crippen molar-refractivity contribution < 1.29 is 9.53 Å². The number of nitrogens with one attached hydrogen (secondary N) is 1. The van der Waals surface area contributed by atoms with E-state index in [2.05, 4.69) is 10.3 Å². The first kappa shape index (κ1) is 22.6. The van der Waals surface area contributed by atoms with Gasteiger partial charge in [0.25, 0.3) is 0 Å². The van der Waals surface area contributed by atoms with Gasteiger partial charge in [0.05, 0.1) is 11.2 Å². The number of carbonyl (C=O) groups is 1. The number of nitrogens with zero attached hydrogens (tertiary/aromatic N) is 3. The Bertz CT molecular complexity index is 1100. The molecular formula is C27H33N5O2S. The van der Waals surface area contributed by atoms with E-state index < -0.39 is 0 Å². The number of ether oxygens (including phenoxy) is 1. The Balaban J connectivity index is 1.05. The minimum absolute atomic E-state index is 0.0678. The van der Waals surface area contributed by atoms with Crippen molar-refractivity contribution in [2.75, 3.05) is 13.1 Å². The monoisotopic (exact) mass is 491 g/mol. The van der Waals surface area contributed by atoms with Crippen LogP contribution in [0.4, 0.5) is 10.5 Å². The fraction of sp³-hybridized carbons (Fsp3) is 0.481. The number of nitrogens with two attached hydrogens (primary N) is 1. The second kappa shape index (κ2) is 8.97. The quantitative estimate of drug-likeness (QED) is 0.493. The van der Waals surface area contributed by atoms with Crippen molar-refractivity contribution in [2.24, 2.45) is 28.5 Å². The highest BCUT2D eigenvalue weighted by Crippen LogP contribution is 2.58. The van der Waals surface area contributed by atoms with Gasteiger partial charge in [-0.2, -0.15) is 0 Å². The summed E-state index contributed by atoms with van der Waals surface area (Å²) in [7, 11) is 0. The van der Waals surface area contributed by atoms with E-state index in [1.807, 2.05) is 53.4 Å². The topological polar surface area (TPSA) is 83.2 Å². The van der Waals surface area contributed by atoms with Crippen LogP contribution in [0.1, 0.15) is 44.1 Å². The van der Waals surface area contributed by atoms with E-state index in [9.17, 15) is 4.79 Å². The summed E-state index contributed by atoms with van der Waals surface area (Å²) in [6, 6.07) is 15.5. The number of carbonyl (C=O) groups excluding carboxylic acids is 1. The summed E-state index contributed by atoms with van der Waals surface area (Å²) < 4.78 is 7.71. The third kappa shape index (κ3) is 4.44. The molecule has 0 aromatic heterocycles. The zero-order valence-electron chi connectivity index (χ0n) is 19.9. The van der Waals surface area contributed by atoms with E-state index >= 15 is 0 Å². The molecule has 0 atom stereocenters. The van der Waals surface area contributed by atoms with Crippen molar-refractivity contribution in [1.29, 1.82) is 0 Å². The molecule has 0 saturated heterocycles. The average Bonchev–Trinajstić information content (AvgIpc) is 2.84. The first-order valence-corrected chi connectivity index (χ1v) is 13.1. The molecule has 2 amide bonds. The number of fused-ring (bicyclic) bond motifs is 1. The molecule has 7 nitrogen and oxygen atoms in total. The third-order valence-corrected chi connectivity index (χ3v) is 8.86. The lowest BCUT2D eigenvalue weighted by Gasteiger charge is -2.58. The molecular weight excluding hydrogens is 458 g/mol. The minimum Gasteiger partial charge on any atom is -0.457 e. The summed E-state index contributed by atoms with van der Waals surface area (Å²) in [6.07, 6.45) is 7.34. The van der Waals surface area contributed by atoms with Gasteiger partial charge in [-0.25, -0.2) is 9.79 Å². The summed E-state index contributed by atoms with van der Waals surface area (Å²) in [5.41, 5.74) is 8.07. The normalized spacial score (nSPS) is 28.3. The summed E-state index contributed by atoms with van der Waals surface area (Å²) >= 11 is 4.72. The lowest BCUT2D eigenvalue weighted by molar-refractivity contribution is -0.0407. The summed E-state index contributed by atoms with van der Waals surface area (Å²) in [6.45, 7) is 1.67. The van der Waals surface area contributed by atoms with Crippen molar-refractivity contribution in [1.82, 2.24) is 14.5 Å². The summed E-state index contributed by atoms with van der Waals surface area (Å²) in [4.78, 5) is 19.6. The van der Waals surface area contributed by atoms with Crippen molar-refractivity contribution >= 4 is 30.5 Å². The molecule has 0 unspecified atom stereocenters. The number of hydrogen-bond acceptors (Lipinski definition) is 6. The van der Waals surface area contributed by atoms with E-state index in [-0.39, 0.29) is 11.6 Å². The average molecular weight is 492 g/mol. The van der Waals surface area contributed by atoms with Crippen LogP contribution in [0.2, 0.25) is 0 Å². The number of urea groups is 1. The maximum atomic E-state index is 13.0. The number of thiol groups is 1. The molecule has 1 heterocycles. The number of rotatable bonds is 6. The van der Waals surface area contributed by atoms with Crippen LogP contribution >= 0.6 is 12.8 Å². The SMILES string of the molecule is NC1=Nc2ccc(Oc3ccccc3)cc2CN1CCNC(=O)N(S)C12CC3CC(CC(C3)C1)C2. The van der Waals surface area contributed by atoms with Gasteiger partial charge in [0.15, 0.2) is 5.96 Å². The van der Waals surface area contributed by atoms with Crippen LogP contribution in [-0.4, -0.2) is 39.8 Å². The Labute approximate surface area is 212 Å². The van der Waals surface area contributed by atoms with Gasteiger partial charge < -0.3 is 20.7 Å². The number of amides is 2.